The second-order valence-corrected chi connectivity index (χ2v) is 21.2. The van der Waals surface area contributed by atoms with E-state index < -0.39 is 62.6 Å². The van der Waals surface area contributed by atoms with Crippen molar-refractivity contribution in [1.82, 2.24) is 0 Å². The van der Waals surface area contributed by atoms with Crippen LogP contribution in [0.4, 0.5) is 22.7 Å². The van der Waals surface area contributed by atoms with Gasteiger partial charge in [-0.05, 0) is 59.8 Å². The van der Waals surface area contributed by atoms with Gasteiger partial charge in [-0.1, -0.05) is 217 Å². The van der Waals surface area contributed by atoms with E-state index in [2.05, 4.69) is 182 Å². The van der Waals surface area contributed by atoms with Crippen LogP contribution < -0.4 is 60.2 Å². The topological polar surface area (TPSA) is 228 Å². The second kappa shape index (κ2) is 34.5. The van der Waals surface area contributed by atoms with Gasteiger partial charge in [0, 0.05) is 19.7 Å². The number of methoxy groups -OCH3 is 6. The molecule has 0 heterocycles. The third kappa shape index (κ3) is 18.9. The fourth-order valence-corrected chi connectivity index (χ4v) is 11.7. The smallest absolute Gasteiger partial charge is 0.544 e. The first kappa shape index (κ1) is 65.9. The molecular formula is C55H49Cl3N4O14P2Pt. The zero-order valence-electron chi connectivity index (χ0n) is 42.7. The van der Waals surface area contributed by atoms with Crippen LogP contribution in [-0.2, 0) is 21.1 Å². The summed E-state index contributed by atoms with van der Waals surface area (Å²) in [5.41, 5.74) is -2.77. The Bertz CT molecular complexity index is 2690. The molecule has 79 heavy (non-hydrogen) atoms. The number of hydrogen-bond donors (Lipinski definition) is 0. The first-order chi connectivity index (χ1) is 37.6. The molecule has 8 rings (SSSR count). The van der Waals surface area contributed by atoms with Crippen molar-refractivity contribution in [2.24, 2.45) is 0 Å². The van der Waals surface area contributed by atoms with Crippen molar-refractivity contribution in [2.45, 2.75) is 4.30 Å². The van der Waals surface area contributed by atoms with Crippen LogP contribution in [0.2, 0.25) is 0 Å². The molecule has 0 radical (unpaired) electrons. The molecule has 24 heteroatoms. The van der Waals surface area contributed by atoms with Crippen molar-refractivity contribution in [3.05, 3.63) is 235 Å². The first-order valence-electron chi connectivity index (χ1n) is 22.5. The molecule has 8 aromatic rings. The summed E-state index contributed by atoms with van der Waals surface area (Å²) in [6.45, 7) is 0. The van der Waals surface area contributed by atoms with Gasteiger partial charge in [0.15, 0.2) is 4.30 Å². The Morgan fingerprint density at radius 1 is 0.329 bits per heavy atom. The minimum atomic E-state index is -0.853. The number of halogens is 3. The monoisotopic (exact) mass is 1350 g/mol. The van der Waals surface area contributed by atoms with Crippen LogP contribution in [-0.4, -0.2) is 66.6 Å². The molecule has 0 fully saturated rings. The summed E-state index contributed by atoms with van der Waals surface area (Å²) in [6, 6.07) is 68.7. The third-order valence-electron chi connectivity index (χ3n) is 10.2. The van der Waals surface area contributed by atoms with Gasteiger partial charge in [0.25, 0.3) is 0 Å². The van der Waals surface area contributed by atoms with Gasteiger partial charge in [-0.15, -0.1) is 0 Å². The van der Waals surface area contributed by atoms with Gasteiger partial charge in [-0.25, -0.2) is 0 Å². The van der Waals surface area contributed by atoms with E-state index >= 15 is 0 Å². The molecule has 0 atom stereocenters. The van der Waals surface area contributed by atoms with Crippen LogP contribution in [0.1, 0.15) is 0 Å². The van der Waals surface area contributed by atoms with Crippen LogP contribution in [0.15, 0.2) is 182 Å². The largest absolute Gasteiger partial charge is 2.00 e. The average molecular weight is 1350 g/mol. The number of rotatable bonds is 16. The van der Waals surface area contributed by atoms with E-state index in [0.717, 1.165) is 0 Å². The Labute approximate surface area is 487 Å². The maximum atomic E-state index is 10.8. The Morgan fingerprint density at radius 2 is 0.468 bits per heavy atom. The predicted octanol–water partition coefficient (Wildman–Crippen LogP) is 11.5. The molecule has 8 aromatic carbocycles. The molecule has 0 saturated heterocycles. The van der Waals surface area contributed by atoms with Crippen LogP contribution in [0.25, 0.3) is 0 Å². The minimum absolute atomic E-state index is 0. The predicted molar refractivity (Wildman–Crippen MR) is 308 cm³/mol. The van der Waals surface area contributed by atoms with Crippen LogP contribution in [0, 0.1) is 52.6 Å². The summed E-state index contributed by atoms with van der Waals surface area (Å²) in [6.07, 6.45) is 0. The third-order valence-corrected chi connectivity index (χ3v) is 15.1. The Balaban J connectivity index is 0.000000269. The average Bonchev–Trinajstić information content (AvgIpc) is 3.52. The summed E-state index contributed by atoms with van der Waals surface area (Å²) >= 11 is 14.4. The number of ether oxygens (including phenoxy) is 6. The van der Waals surface area contributed by atoms with E-state index in [9.17, 15) is 40.5 Å². The minimum Gasteiger partial charge on any atom is -0.544 e. The standard InChI is InChI=1S/2C18H15P.2C9H9N2O7.CHCl3.Pt/c2*1-4-10-16(11-5-1)19(17-12-6-2-7-13-17)18-14-8-3-9-15-18;2*1-16-7-5(10(12)13)4-6(11(14)15)8(17-2)9(7)18-3;2-1(3)4;/h2*1-15H;2*1-3H3;1H;/q;;2*-1;;+2. The summed E-state index contributed by atoms with van der Waals surface area (Å²) in [5.74, 6) is -1.60. The molecule has 0 bridgehead atoms. The van der Waals surface area contributed by atoms with Crippen molar-refractivity contribution in [2.75, 3.05) is 42.7 Å². The van der Waals surface area contributed by atoms with Crippen molar-refractivity contribution < 1.29 is 69.2 Å². The fourth-order valence-electron chi connectivity index (χ4n) is 7.09. The number of nitro benzene ring substituents is 4. The number of nitrogens with zero attached hydrogens (tertiary/aromatic N) is 4. The summed E-state index contributed by atoms with van der Waals surface area (Å²) < 4.78 is 28.2. The van der Waals surface area contributed by atoms with Gasteiger partial charge in [-0.3, -0.25) is 40.5 Å². The molecular weight excluding hydrogens is 1300 g/mol. The Kier molecular flexibility index (Phi) is 28.7. The first-order valence-corrected chi connectivity index (χ1v) is 26.5. The molecule has 18 nitrogen and oxygen atoms in total. The van der Waals surface area contributed by atoms with E-state index in [1.807, 2.05) is 12.1 Å². The second-order valence-electron chi connectivity index (χ2n) is 14.8. The fraction of sp³-hybridized carbons (Fsp3) is 0.127. The van der Waals surface area contributed by atoms with E-state index in [4.69, 9.17) is 63.2 Å². The van der Waals surface area contributed by atoms with Gasteiger partial charge in [0.1, 0.15) is 34.5 Å². The number of nitro groups is 4. The van der Waals surface area contributed by atoms with Gasteiger partial charge in [0.2, 0.25) is 22.7 Å². The Morgan fingerprint density at radius 3 is 0.582 bits per heavy atom. The molecule has 0 aliphatic rings. The normalized spacial score (nSPS) is 9.97. The summed E-state index contributed by atoms with van der Waals surface area (Å²) in [5, 5.41) is 51.6. The zero-order chi connectivity index (χ0) is 57.1. The van der Waals surface area contributed by atoms with E-state index in [1.165, 1.54) is 74.5 Å². The number of alkyl halides is 3. The van der Waals surface area contributed by atoms with Crippen LogP contribution in [0.3, 0.4) is 0 Å². The van der Waals surface area contributed by atoms with Crippen molar-refractivity contribution in [3.8, 4) is 34.5 Å². The van der Waals surface area contributed by atoms with Gasteiger partial charge < -0.3 is 28.4 Å². The molecule has 0 aliphatic heterocycles. The molecule has 0 aliphatic carbocycles. The quantitative estimate of drug-likeness (QED) is 0.0288. The Hall–Kier alpha value is -7.42. The van der Waals surface area contributed by atoms with Crippen molar-refractivity contribution in [3.63, 3.8) is 0 Å². The SMILES string of the molecule is COc1c([N+](=O)[O-])[c-]c([N+](=O)[O-])c(OC)c1OC.COc1c([N+](=O)[O-])[c-]c([N+](=O)[O-])c(OC)c1OC.ClC(Cl)Cl.[Pt+2].c1ccc(P(c2ccccc2)c2ccccc2)cc1.c1ccc(P(c2ccccc2)c2ccccc2)cc1. The van der Waals surface area contributed by atoms with Gasteiger partial charge >= 0.3 is 21.1 Å². The number of hydrogen-bond acceptors (Lipinski definition) is 14. The van der Waals surface area contributed by atoms with Gasteiger partial charge in [-0.2, -0.15) is 0 Å². The summed E-state index contributed by atoms with van der Waals surface area (Å²) in [7, 11) is 6.17. The van der Waals surface area contributed by atoms with Crippen molar-refractivity contribution in [1.29, 1.82) is 0 Å². The van der Waals surface area contributed by atoms with Crippen LogP contribution >= 0.6 is 50.6 Å². The van der Waals surface area contributed by atoms with E-state index in [0.29, 0.717) is 0 Å². The molecule has 414 valence electrons. The molecule has 0 unspecified atom stereocenters. The maximum Gasteiger partial charge on any atom is 2.00 e. The molecule has 0 N–H and O–H groups in total. The van der Waals surface area contributed by atoms with Gasteiger partial charge in [0.05, 0.1) is 42.7 Å². The maximum absolute atomic E-state index is 10.8. The molecule has 0 saturated carbocycles. The van der Waals surface area contributed by atoms with E-state index in [-0.39, 0.29) is 55.6 Å². The molecule has 0 amide bonds. The van der Waals surface area contributed by atoms with Crippen LogP contribution in [0.5, 0.6) is 34.5 Å². The molecule has 0 aromatic heterocycles. The molecule has 0 spiro atoms. The summed E-state index contributed by atoms with van der Waals surface area (Å²) in [4.78, 5) is 39.8. The number of benzene rings is 8. The van der Waals surface area contributed by atoms with E-state index in [1.54, 1.807) is 0 Å². The zero-order valence-corrected chi connectivity index (χ0v) is 49.1. The van der Waals surface area contributed by atoms with Crippen molar-refractivity contribution >= 4 is 105 Å².